The summed E-state index contributed by atoms with van der Waals surface area (Å²) in [6.07, 6.45) is 12.5. The molecule has 2 N–H and O–H groups in total. The lowest BCUT2D eigenvalue weighted by Gasteiger charge is -2.58. The summed E-state index contributed by atoms with van der Waals surface area (Å²) in [5, 5.41) is 0. The zero-order valence-corrected chi connectivity index (χ0v) is 15.4. The number of fused-ring (bicyclic) bond motifs is 6. The maximum Gasteiger partial charge on any atom is 0.174 e. The van der Waals surface area contributed by atoms with Gasteiger partial charge in [-0.05, 0) is 68.1 Å². The van der Waals surface area contributed by atoms with E-state index in [9.17, 15) is 0 Å². The van der Waals surface area contributed by atoms with E-state index in [1.54, 1.807) is 5.57 Å². The van der Waals surface area contributed by atoms with Crippen LogP contribution in [0.5, 0.6) is 0 Å². The summed E-state index contributed by atoms with van der Waals surface area (Å²) in [6, 6.07) is 0.393. The van der Waals surface area contributed by atoms with Gasteiger partial charge in [-0.15, -0.1) is 0 Å². The Balaban J connectivity index is 1.49. The van der Waals surface area contributed by atoms with E-state index >= 15 is 0 Å². The van der Waals surface area contributed by atoms with Gasteiger partial charge in [0.2, 0.25) is 0 Å². The lowest BCUT2D eigenvalue weighted by atomic mass is 9.47. The summed E-state index contributed by atoms with van der Waals surface area (Å²) in [6.45, 7) is 6.61. The zero-order chi connectivity index (χ0) is 16.6. The first-order valence-corrected chi connectivity index (χ1v) is 10.2. The van der Waals surface area contributed by atoms with Crippen molar-refractivity contribution in [1.82, 2.24) is 0 Å². The van der Waals surface area contributed by atoms with Gasteiger partial charge in [-0.25, -0.2) is 0 Å². The minimum atomic E-state index is -0.261. The fraction of sp³-hybridized carbons (Fsp3) is 0.905. The Hall–Kier alpha value is -0.380. The van der Waals surface area contributed by atoms with Crippen LogP contribution in [0.15, 0.2) is 11.6 Å². The van der Waals surface area contributed by atoms with E-state index in [1.165, 1.54) is 38.5 Å². The Labute approximate surface area is 146 Å². The molecule has 0 bridgehead atoms. The summed E-state index contributed by atoms with van der Waals surface area (Å²) in [4.78, 5) is 0. The van der Waals surface area contributed by atoms with Crippen molar-refractivity contribution < 1.29 is 9.47 Å². The quantitative estimate of drug-likeness (QED) is 0.682. The van der Waals surface area contributed by atoms with Crippen LogP contribution in [-0.2, 0) is 9.47 Å². The first kappa shape index (κ1) is 15.8. The molecule has 0 unspecified atom stereocenters. The van der Waals surface area contributed by atoms with Crippen molar-refractivity contribution in [3.63, 3.8) is 0 Å². The molecule has 1 saturated heterocycles. The van der Waals surface area contributed by atoms with Crippen LogP contribution in [0.2, 0.25) is 0 Å². The molecule has 3 heteroatoms. The fourth-order valence-electron chi connectivity index (χ4n) is 7.57. The van der Waals surface area contributed by atoms with Crippen LogP contribution >= 0.6 is 0 Å². The van der Waals surface area contributed by atoms with Crippen LogP contribution in [0.1, 0.15) is 65.2 Å². The molecular formula is C21H33NO2. The lowest BCUT2D eigenvalue weighted by molar-refractivity contribution is -0.242. The number of allylic oxidation sites excluding steroid dienone is 1. The highest BCUT2D eigenvalue weighted by molar-refractivity contribution is 5.26. The van der Waals surface area contributed by atoms with Crippen molar-refractivity contribution in [1.29, 1.82) is 0 Å². The zero-order valence-electron chi connectivity index (χ0n) is 15.4. The van der Waals surface area contributed by atoms with Gasteiger partial charge in [0.05, 0.1) is 13.2 Å². The number of hydrogen-bond acceptors (Lipinski definition) is 3. The molecular weight excluding hydrogens is 298 g/mol. The van der Waals surface area contributed by atoms with Gasteiger partial charge in [0.15, 0.2) is 5.79 Å². The highest BCUT2D eigenvalue weighted by atomic mass is 16.7. The van der Waals surface area contributed by atoms with Crippen LogP contribution in [0.4, 0.5) is 0 Å². The van der Waals surface area contributed by atoms with E-state index in [0.717, 1.165) is 43.8 Å². The fourth-order valence-corrected chi connectivity index (χ4v) is 7.57. The molecule has 0 aromatic carbocycles. The standard InChI is InChI=1S/C21H33NO2/c1-19-8-5-15(22)13-14(19)3-4-16-17(19)6-9-20(2)18(16)7-10-21(20)23-11-12-24-21/h3,15-18H,4-13,22H2,1-2H3/t15-,16+,17-,18-,19-,20-/m0/s1. The molecule has 4 fully saturated rings. The second kappa shape index (κ2) is 5.08. The Morgan fingerprint density at radius 3 is 2.54 bits per heavy atom. The predicted octanol–water partition coefficient (Wildman–Crippen LogP) is 4.02. The van der Waals surface area contributed by atoms with E-state index < -0.39 is 0 Å². The average molecular weight is 332 g/mol. The molecule has 1 spiro atoms. The van der Waals surface area contributed by atoms with Crippen molar-refractivity contribution in [2.75, 3.05) is 13.2 Å². The Morgan fingerprint density at radius 1 is 1.00 bits per heavy atom. The largest absolute Gasteiger partial charge is 0.347 e. The smallest absolute Gasteiger partial charge is 0.174 e. The van der Waals surface area contributed by atoms with Crippen LogP contribution in [0.3, 0.4) is 0 Å². The second-order valence-electron chi connectivity index (χ2n) is 9.71. The molecule has 5 rings (SSSR count). The molecule has 0 radical (unpaired) electrons. The number of ether oxygens (including phenoxy) is 2. The Morgan fingerprint density at radius 2 is 1.75 bits per heavy atom. The van der Waals surface area contributed by atoms with Gasteiger partial charge in [-0.1, -0.05) is 25.5 Å². The molecule has 4 aliphatic carbocycles. The molecule has 0 amide bonds. The molecule has 3 saturated carbocycles. The SMILES string of the molecule is C[C@]12CC[C@H](N)CC1=CC[C@@H]1[C@@H]2CC[C@@]2(C)[C@H]1CCC21OCCO1. The highest BCUT2D eigenvalue weighted by Crippen LogP contribution is 2.68. The summed E-state index contributed by atoms with van der Waals surface area (Å²) in [5.74, 6) is 2.17. The number of nitrogens with two attached hydrogens (primary N) is 1. The van der Waals surface area contributed by atoms with E-state index in [0.29, 0.717) is 11.5 Å². The molecule has 3 nitrogen and oxygen atoms in total. The van der Waals surface area contributed by atoms with E-state index in [4.69, 9.17) is 15.2 Å². The minimum Gasteiger partial charge on any atom is -0.347 e. The molecule has 1 aliphatic heterocycles. The van der Waals surface area contributed by atoms with Gasteiger partial charge in [-0.2, -0.15) is 0 Å². The highest BCUT2D eigenvalue weighted by Gasteiger charge is 2.66. The molecule has 6 atom stereocenters. The van der Waals surface area contributed by atoms with Gasteiger partial charge >= 0.3 is 0 Å². The minimum absolute atomic E-state index is 0.220. The van der Waals surface area contributed by atoms with E-state index in [2.05, 4.69) is 19.9 Å². The maximum absolute atomic E-state index is 6.28. The van der Waals surface area contributed by atoms with Crippen molar-refractivity contribution in [2.45, 2.75) is 77.0 Å². The topological polar surface area (TPSA) is 44.5 Å². The first-order chi connectivity index (χ1) is 11.5. The molecule has 1 heterocycles. The number of rotatable bonds is 0. The third-order valence-electron chi connectivity index (χ3n) is 8.94. The van der Waals surface area contributed by atoms with Crippen molar-refractivity contribution >= 4 is 0 Å². The van der Waals surface area contributed by atoms with Gasteiger partial charge in [0.25, 0.3) is 0 Å². The van der Waals surface area contributed by atoms with Gasteiger partial charge < -0.3 is 15.2 Å². The van der Waals surface area contributed by atoms with Crippen molar-refractivity contribution in [3.05, 3.63) is 11.6 Å². The van der Waals surface area contributed by atoms with Gasteiger partial charge in [0.1, 0.15) is 0 Å². The summed E-state index contributed by atoms with van der Waals surface area (Å²) < 4.78 is 12.5. The Bertz CT molecular complexity index is 566. The molecule has 134 valence electrons. The van der Waals surface area contributed by atoms with Crippen LogP contribution in [0.25, 0.3) is 0 Å². The third kappa shape index (κ3) is 1.84. The van der Waals surface area contributed by atoms with Crippen molar-refractivity contribution in [2.24, 2.45) is 34.3 Å². The summed E-state index contributed by atoms with van der Waals surface area (Å²) >= 11 is 0. The normalized spacial score (nSPS) is 52.5. The van der Waals surface area contributed by atoms with Gasteiger partial charge in [-0.3, -0.25) is 0 Å². The molecule has 0 aromatic rings. The van der Waals surface area contributed by atoms with Crippen molar-refractivity contribution in [3.8, 4) is 0 Å². The monoisotopic (exact) mass is 331 g/mol. The maximum atomic E-state index is 6.28. The van der Waals surface area contributed by atoms with Gasteiger partial charge in [0, 0.05) is 17.9 Å². The summed E-state index contributed by atoms with van der Waals surface area (Å²) in [7, 11) is 0. The third-order valence-corrected chi connectivity index (χ3v) is 8.94. The Kier molecular flexibility index (Phi) is 3.35. The number of hydrogen-bond donors (Lipinski definition) is 1. The van der Waals surface area contributed by atoms with E-state index in [1.807, 2.05) is 0 Å². The van der Waals surface area contributed by atoms with Crippen LogP contribution < -0.4 is 5.73 Å². The molecule has 5 aliphatic rings. The average Bonchev–Trinajstić information content (AvgIpc) is 3.15. The lowest BCUT2D eigenvalue weighted by Crippen LogP contribution is -2.55. The van der Waals surface area contributed by atoms with Crippen LogP contribution in [0, 0.1) is 28.6 Å². The predicted molar refractivity (Wildman–Crippen MR) is 94.3 cm³/mol. The molecule has 24 heavy (non-hydrogen) atoms. The molecule has 0 aromatic heterocycles. The first-order valence-electron chi connectivity index (χ1n) is 10.2. The summed E-state index contributed by atoms with van der Waals surface area (Å²) in [5.41, 5.74) is 8.60. The van der Waals surface area contributed by atoms with E-state index in [-0.39, 0.29) is 11.2 Å². The second-order valence-corrected chi connectivity index (χ2v) is 9.71. The van der Waals surface area contributed by atoms with Crippen LogP contribution in [-0.4, -0.2) is 25.0 Å².